The smallest absolute Gasteiger partial charge is 0.0641 e. The van der Waals surface area contributed by atoms with Gasteiger partial charge in [0.15, 0.2) is 0 Å². The molecule has 14 heavy (non-hydrogen) atoms. The van der Waals surface area contributed by atoms with E-state index >= 15 is 0 Å². The molecule has 0 aliphatic heterocycles. The molecule has 1 unspecified atom stereocenters. The lowest BCUT2D eigenvalue weighted by Gasteiger charge is -2.13. The predicted molar refractivity (Wildman–Crippen MR) is 56.6 cm³/mol. The number of nitrogens with two attached hydrogens (primary N) is 1. The summed E-state index contributed by atoms with van der Waals surface area (Å²) in [5.41, 5.74) is 7.76. The molecule has 4 nitrogen and oxygen atoms in total. The van der Waals surface area contributed by atoms with Gasteiger partial charge >= 0.3 is 0 Å². The minimum atomic E-state index is 0.0970. The first kappa shape index (κ1) is 10.8. The second-order valence-electron chi connectivity index (χ2n) is 3.22. The summed E-state index contributed by atoms with van der Waals surface area (Å²) in [7, 11) is 1.89. The molecule has 0 bridgehead atoms. The van der Waals surface area contributed by atoms with Crippen molar-refractivity contribution in [2.75, 3.05) is 13.1 Å². The number of hydrogen-bond acceptors (Lipinski definition) is 3. The third-order valence-electron chi connectivity index (χ3n) is 2.11. The highest BCUT2D eigenvalue weighted by Crippen LogP contribution is 2.14. The van der Waals surface area contributed by atoms with Crippen LogP contribution in [0.25, 0.3) is 0 Å². The lowest BCUT2D eigenvalue weighted by atomic mass is 10.1. The van der Waals surface area contributed by atoms with Crippen molar-refractivity contribution in [3.63, 3.8) is 0 Å². The van der Waals surface area contributed by atoms with E-state index in [-0.39, 0.29) is 6.04 Å². The zero-order valence-electron chi connectivity index (χ0n) is 8.62. The maximum absolute atomic E-state index is 5.66. The summed E-state index contributed by atoms with van der Waals surface area (Å²) < 4.78 is 1.78. The van der Waals surface area contributed by atoms with Gasteiger partial charge in [-0.15, -0.1) is 6.42 Å². The van der Waals surface area contributed by atoms with Crippen LogP contribution in [0.2, 0.25) is 0 Å². The molecule has 0 radical (unpaired) electrons. The van der Waals surface area contributed by atoms with E-state index in [0.29, 0.717) is 13.1 Å². The number of hydrogen-bond donors (Lipinski definition) is 2. The van der Waals surface area contributed by atoms with E-state index in [1.165, 1.54) is 0 Å². The molecule has 0 fully saturated rings. The highest BCUT2D eigenvalue weighted by molar-refractivity contribution is 5.20. The molecular formula is C10H16N4. The zero-order chi connectivity index (χ0) is 10.6. The molecule has 76 valence electrons. The van der Waals surface area contributed by atoms with Crippen LogP contribution < -0.4 is 11.1 Å². The summed E-state index contributed by atoms with van der Waals surface area (Å²) in [5, 5.41) is 7.43. The third-order valence-corrected chi connectivity index (χ3v) is 2.11. The van der Waals surface area contributed by atoms with E-state index in [2.05, 4.69) is 16.3 Å². The van der Waals surface area contributed by atoms with Crippen LogP contribution in [0, 0.1) is 19.3 Å². The molecule has 0 aromatic carbocycles. The molecule has 4 heteroatoms. The molecule has 1 aromatic rings. The maximum Gasteiger partial charge on any atom is 0.0641 e. The minimum absolute atomic E-state index is 0.0970. The zero-order valence-corrected chi connectivity index (χ0v) is 8.62. The van der Waals surface area contributed by atoms with Crippen molar-refractivity contribution in [3.8, 4) is 12.3 Å². The van der Waals surface area contributed by atoms with Crippen molar-refractivity contribution < 1.29 is 0 Å². The van der Waals surface area contributed by atoms with Crippen molar-refractivity contribution in [1.29, 1.82) is 0 Å². The lowest BCUT2D eigenvalue weighted by Crippen LogP contribution is -2.28. The number of nitrogens with zero attached hydrogens (tertiary/aromatic N) is 2. The Morgan fingerprint density at radius 1 is 1.79 bits per heavy atom. The molecule has 0 aliphatic rings. The molecule has 0 aliphatic carbocycles. The van der Waals surface area contributed by atoms with Gasteiger partial charge in [0.05, 0.1) is 12.2 Å². The fourth-order valence-corrected chi connectivity index (χ4v) is 1.46. The molecule has 0 saturated carbocycles. The highest BCUT2D eigenvalue weighted by Gasteiger charge is 2.13. The third kappa shape index (κ3) is 2.34. The predicted octanol–water partition coefficient (Wildman–Crippen LogP) is -0.0489. The van der Waals surface area contributed by atoms with Crippen LogP contribution in [0.4, 0.5) is 0 Å². The SMILES string of the molecule is C#CCNC(CN)c1cn(C)nc1C. The van der Waals surface area contributed by atoms with Gasteiger partial charge in [-0.1, -0.05) is 5.92 Å². The van der Waals surface area contributed by atoms with Crippen molar-refractivity contribution >= 4 is 0 Å². The lowest BCUT2D eigenvalue weighted by molar-refractivity contribution is 0.579. The Hall–Kier alpha value is -1.31. The summed E-state index contributed by atoms with van der Waals surface area (Å²) in [6.45, 7) is 3.01. The van der Waals surface area contributed by atoms with Crippen molar-refractivity contribution in [1.82, 2.24) is 15.1 Å². The van der Waals surface area contributed by atoms with Crippen LogP contribution in [0.1, 0.15) is 17.3 Å². The molecule has 0 saturated heterocycles. The first-order valence-electron chi connectivity index (χ1n) is 4.56. The standard InChI is InChI=1S/C10H16N4/c1-4-5-12-10(6-11)9-7-14(3)13-8(9)2/h1,7,10,12H,5-6,11H2,2-3H3. The minimum Gasteiger partial charge on any atom is -0.329 e. The Balaban J connectivity index is 2.79. The highest BCUT2D eigenvalue weighted by atomic mass is 15.3. The van der Waals surface area contributed by atoms with Crippen molar-refractivity contribution in [3.05, 3.63) is 17.5 Å². The topological polar surface area (TPSA) is 55.9 Å². The average Bonchev–Trinajstić information content (AvgIpc) is 2.47. The van der Waals surface area contributed by atoms with E-state index < -0.39 is 0 Å². The Kier molecular flexibility index (Phi) is 3.69. The van der Waals surface area contributed by atoms with E-state index in [0.717, 1.165) is 11.3 Å². The summed E-state index contributed by atoms with van der Waals surface area (Å²) in [4.78, 5) is 0. The van der Waals surface area contributed by atoms with E-state index in [1.807, 2.05) is 20.2 Å². The van der Waals surface area contributed by atoms with Gasteiger partial charge in [-0.3, -0.25) is 10.00 Å². The van der Waals surface area contributed by atoms with Crippen LogP contribution in [0.3, 0.4) is 0 Å². The molecule has 1 atom stereocenters. The summed E-state index contributed by atoms with van der Waals surface area (Å²) in [6.07, 6.45) is 7.15. The van der Waals surface area contributed by atoms with Crippen LogP contribution in [-0.4, -0.2) is 22.9 Å². The quantitative estimate of drug-likeness (QED) is 0.658. The van der Waals surface area contributed by atoms with Crippen molar-refractivity contribution in [2.24, 2.45) is 12.8 Å². The van der Waals surface area contributed by atoms with Gasteiger partial charge in [0.2, 0.25) is 0 Å². The van der Waals surface area contributed by atoms with Crippen LogP contribution in [-0.2, 0) is 7.05 Å². The first-order valence-corrected chi connectivity index (χ1v) is 4.56. The Bertz CT molecular complexity index is 334. The second kappa shape index (κ2) is 4.80. The normalized spacial score (nSPS) is 12.4. The Morgan fingerprint density at radius 3 is 2.93 bits per heavy atom. The van der Waals surface area contributed by atoms with Gasteiger partial charge in [-0.2, -0.15) is 5.10 Å². The van der Waals surface area contributed by atoms with Gasteiger partial charge in [0.25, 0.3) is 0 Å². The number of aromatic nitrogens is 2. The maximum atomic E-state index is 5.66. The van der Waals surface area contributed by atoms with Gasteiger partial charge in [-0.05, 0) is 6.92 Å². The molecule has 0 spiro atoms. The van der Waals surface area contributed by atoms with Crippen LogP contribution in [0.15, 0.2) is 6.20 Å². The second-order valence-corrected chi connectivity index (χ2v) is 3.22. The summed E-state index contributed by atoms with van der Waals surface area (Å²) in [5.74, 6) is 2.53. The van der Waals surface area contributed by atoms with Crippen LogP contribution in [0.5, 0.6) is 0 Å². The van der Waals surface area contributed by atoms with E-state index in [9.17, 15) is 0 Å². The van der Waals surface area contributed by atoms with Crippen LogP contribution >= 0.6 is 0 Å². The monoisotopic (exact) mass is 192 g/mol. The molecule has 1 heterocycles. The first-order chi connectivity index (χ1) is 6.69. The fraction of sp³-hybridized carbons (Fsp3) is 0.500. The van der Waals surface area contributed by atoms with E-state index in [4.69, 9.17) is 12.2 Å². The molecule has 3 N–H and O–H groups in total. The molecule has 1 rings (SSSR count). The Labute approximate surface area is 84.5 Å². The van der Waals surface area contributed by atoms with Gasteiger partial charge < -0.3 is 5.73 Å². The number of aryl methyl sites for hydroxylation is 2. The largest absolute Gasteiger partial charge is 0.329 e. The number of rotatable bonds is 4. The number of terminal acetylenes is 1. The number of nitrogens with one attached hydrogen (secondary N) is 1. The van der Waals surface area contributed by atoms with Gasteiger partial charge in [-0.25, -0.2) is 0 Å². The van der Waals surface area contributed by atoms with E-state index in [1.54, 1.807) is 4.68 Å². The Morgan fingerprint density at radius 2 is 2.50 bits per heavy atom. The van der Waals surface area contributed by atoms with Gasteiger partial charge in [0, 0.05) is 31.4 Å². The molecular weight excluding hydrogens is 176 g/mol. The molecule has 0 amide bonds. The average molecular weight is 192 g/mol. The fourth-order valence-electron chi connectivity index (χ4n) is 1.46. The van der Waals surface area contributed by atoms with Gasteiger partial charge in [0.1, 0.15) is 0 Å². The summed E-state index contributed by atoms with van der Waals surface area (Å²) >= 11 is 0. The summed E-state index contributed by atoms with van der Waals surface area (Å²) in [6, 6.07) is 0.0970. The van der Waals surface area contributed by atoms with Crippen molar-refractivity contribution in [2.45, 2.75) is 13.0 Å². The molecule has 1 aromatic heterocycles.